The summed E-state index contributed by atoms with van der Waals surface area (Å²) in [5.74, 6) is -0.379. The van der Waals surface area contributed by atoms with Crippen LogP contribution in [0.3, 0.4) is 0 Å². The van der Waals surface area contributed by atoms with Gasteiger partial charge in [0.25, 0.3) is 5.69 Å². The highest BCUT2D eigenvalue weighted by Gasteiger charge is 2.32. The summed E-state index contributed by atoms with van der Waals surface area (Å²) in [7, 11) is 0. The number of hydrogen-bond acceptors (Lipinski definition) is 5. The van der Waals surface area contributed by atoms with Gasteiger partial charge in [0, 0.05) is 18.1 Å². The van der Waals surface area contributed by atoms with Crippen LogP contribution in [0.1, 0.15) is 24.5 Å². The maximum atomic E-state index is 11.0. The van der Waals surface area contributed by atoms with E-state index in [0.29, 0.717) is 18.4 Å². The molecular formula is C12H13NO5. The number of benzene rings is 1. The molecule has 0 unspecified atom stereocenters. The van der Waals surface area contributed by atoms with Gasteiger partial charge in [-0.3, -0.25) is 10.1 Å². The molecule has 3 atom stereocenters. The van der Waals surface area contributed by atoms with Crippen molar-refractivity contribution < 1.29 is 19.6 Å². The van der Waals surface area contributed by atoms with E-state index in [1.165, 1.54) is 12.1 Å². The summed E-state index contributed by atoms with van der Waals surface area (Å²) < 4.78 is 5.31. The number of nitro benzene ring substituents is 1. The van der Waals surface area contributed by atoms with Crippen molar-refractivity contribution in [3.8, 4) is 0 Å². The Bertz CT molecular complexity index is 462. The Morgan fingerprint density at radius 1 is 1.44 bits per heavy atom. The number of nitro groups is 1. The third kappa shape index (κ3) is 2.55. The SMILES string of the molecule is O=C[C@H]1CC[C@H](O)O[C@H]1c1cccc([N+](=O)[O-])c1. The average molecular weight is 251 g/mol. The number of hydrogen-bond donors (Lipinski definition) is 1. The largest absolute Gasteiger partial charge is 0.368 e. The highest BCUT2D eigenvalue weighted by Crippen LogP contribution is 2.35. The molecule has 0 spiro atoms. The Hall–Kier alpha value is -1.79. The Labute approximate surface area is 103 Å². The van der Waals surface area contributed by atoms with Crippen molar-refractivity contribution in [2.75, 3.05) is 0 Å². The predicted molar refractivity (Wildman–Crippen MR) is 61.7 cm³/mol. The van der Waals surface area contributed by atoms with Gasteiger partial charge in [-0.1, -0.05) is 12.1 Å². The number of non-ortho nitro benzene ring substituents is 1. The molecular weight excluding hydrogens is 238 g/mol. The molecule has 96 valence electrons. The van der Waals surface area contributed by atoms with E-state index >= 15 is 0 Å². The van der Waals surface area contributed by atoms with Gasteiger partial charge in [-0.25, -0.2) is 0 Å². The smallest absolute Gasteiger partial charge is 0.269 e. The van der Waals surface area contributed by atoms with Crippen LogP contribution in [0, 0.1) is 16.0 Å². The van der Waals surface area contributed by atoms with Gasteiger partial charge in [-0.2, -0.15) is 0 Å². The molecule has 1 fully saturated rings. The molecule has 0 saturated carbocycles. The first-order valence-electron chi connectivity index (χ1n) is 5.65. The monoisotopic (exact) mass is 251 g/mol. The second-order valence-electron chi connectivity index (χ2n) is 4.24. The van der Waals surface area contributed by atoms with Crippen LogP contribution >= 0.6 is 0 Å². The summed E-state index contributed by atoms with van der Waals surface area (Å²) in [6.07, 6.45) is 0.138. The Balaban J connectivity index is 2.30. The lowest BCUT2D eigenvalue weighted by atomic mass is 9.90. The zero-order valence-electron chi connectivity index (χ0n) is 9.56. The van der Waals surface area contributed by atoms with E-state index in [2.05, 4.69) is 0 Å². The number of ether oxygens (including phenoxy) is 1. The van der Waals surface area contributed by atoms with Crippen molar-refractivity contribution >= 4 is 12.0 Å². The third-order valence-electron chi connectivity index (χ3n) is 3.02. The third-order valence-corrected chi connectivity index (χ3v) is 3.02. The number of nitrogens with zero attached hydrogens (tertiary/aromatic N) is 1. The number of aliphatic hydroxyl groups is 1. The Morgan fingerprint density at radius 3 is 2.89 bits per heavy atom. The van der Waals surface area contributed by atoms with E-state index in [9.17, 15) is 20.0 Å². The number of carbonyl (C=O) groups is 1. The van der Waals surface area contributed by atoms with Crippen LogP contribution in [0.5, 0.6) is 0 Å². The molecule has 1 aliphatic rings. The van der Waals surface area contributed by atoms with E-state index in [4.69, 9.17) is 4.74 Å². The second-order valence-corrected chi connectivity index (χ2v) is 4.24. The Kier molecular flexibility index (Phi) is 3.69. The molecule has 0 bridgehead atoms. The first-order valence-corrected chi connectivity index (χ1v) is 5.65. The average Bonchev–Trinajstić information content (AvgIpc) is 2.39. The number of carbonyl (C=O) groups excluding carboxylic acids is 1. The highest BCUT2D eigenvalue weighted by atomic mass is 16.6. The van der Waals surface area contributed by atoms with Gasteiger partial charge in [0.05, 0.1) is 11.0 Å². The molecule has 1 aliphatic heterocycles. The highest BCUT2D eigenvalue weighted by molar-refractivity contribution is 5.56. The summed E-state index contributed by atoms with van der Waals surface area (Å²) >= 11 is 0. The van der Waals surface area contributed by atoms with Crippen LogP contribution in [-0.4, -0.2) is 22.6 Å². The predicted octanol–water partition coefficient (Wildman–Crippen LogP) is 1.58. The van der Waals surface area contributed by atoms with Gasteiger partial charge < -0.3 is 14.6 Å². The zero-order chi connectivity index (χ0) is 13.1. The standard InChI is InChI=1S/C12H13NO5/c14-7-9-4-5-11(15)18-12(9)8-2-1-3-10(6-8)13(16)17/h1-3,6-7,9,11-12,15H,4-5H2/t9-,11-,12+/m1/s1. The molecule has 2 rings (SSSR count). The van der Waals surface area contributed by atoms with Crippen LogP contribution in [0.15, 0.2) is 24.3 Å². The number of aldehydes is 1. The summed E-state index contributed by atoms with van der Waals surface area (Å²) in [5, 5.41) is 20.2. The quantitative estimate of drug-likeness (QED) is 0.500. The van der Waals surface area contributed by atoms with Gasteiger partial charge in [0.15, 0.2) is 6.29 Å². The lowest BCUT2D eigenvalue weighted by Crippen LogP contribution is -2.30. The minimum absolute atomic E-state index is 0.0548. The van der Waals surface area contributed by atoms with Gasteiger partial charge in [-0.05, 0) is 18.4 Å². The molecule has 0 radical (unpaired) electrons. The first kappa shape index (κ1) is 12.7. The van der Waals surface area contributed by atoms with Crippen molar-refractivity contribution in [1.29, 1.82) is 0 Å². The van der Waals surface area contributed by atoms with Crippen molar-refractivity contribution in [2.24, 2.45) is 5.92 Å². The molecule has 1 N–H and O–H groups in total. The lowest BCUT2D eigenvalue weighted by Gasteiger charge is -2.31. The fourth-order valence-electron chi connectivity index (χ4n) is 2.11. The molecule has 0 amide bonds. The molecule has 1 aromatic carbocycles. The van der Waals surface area contributed by atoms with Crippen LogP contribution in [0.25, 0.3) is 0 Å². The summed E-state index contributed by atoms with van der Waals surface area (Å²) in [4.78, 5) is 21.2. The van der Waals surface area contributed by atoms with Gasteiger partial charge in [-0.15, -0.1) is 0 Å². The van der Waals surface area contributed by atoms with Crippen LogP contribution in [0.2, 0.25) is 0 Å². The topological polar surface area (TPSA) is 89.7 Å². The summed E-state index contributed by atoms with van der Waals surface area (Å²) in [6, 6.07) is 5.95. The van der Waals surface area contributed by atoms with E-state index in [-0.39, 0.29) is 11.6 Å². The second kappa shape index (κ2) is 5.24. The van der Waals surface area contributed by atoms with E-state index in [1.54, 1.807) is 12.1 Å². The normalized spacial score (nSPS) is 27.7. The molecule has 1 saturated heterocycles. The van der Waals surface area contributed by atoms with Gasteiger partial charge in [0.2, 0.25) is 0 Å². The minimum atomic E-state index is -0.925. The van der Waals surface area contributed by atoms with E-state index in [1.807, 2.05) is 0 Å². The van der Waals surface area contributed by atoms with E-state index < -0.39 is 17.3 Å². The molecule has 1 aromatic rings. The molecule has 6 heteroatoms. The fraction of sp³-hybridized carbons (Fsp3) is 0.417. The summed E-state index contributed by atoms with van der Waals surface area (Å²) in [6.45, 7) is 0. The molecule has 6 nitrogen and oxygen atoms in total. The first-order chi connectivity index (χ1) is 8.61. The van der Waals surface area contributed by atoms with Crippen molar-refractivity contribution in [1.82, 2.24) is 0 Å². The van der Waals surface area contributed by atoms with Crippen LogP contribution in [-0.2, 0) is 9.53 Å². The Morgan fingerprint density at radius 2 is 2.22 bits per heavy atom. The maximum Gasteiger partial charge on any atom is 0.269 e. The zero-order valence-corrected chi connectivity index (χ0v) is 9.56. The van der Waals surface area contributed by atoms with Crippen LogP contribution in [0.4, 0.5) is 5.69 Å². The molecule has 0 aromatic heterocycles. The summed E-state index contributed by atoms with van der Waals surface area (Å²) in [5.41, 5.74) is 0.487. The molecule has 1 heterocycles. The number of rotatable bonds is 3. The van der Waals surface area contributed by atoms with Crippen molar-refractivity contribution in [3.63, 3.8) is 0 Å². The maximum absolute atomic E-state index is 11.0. The minimum Gasteiger partial charge on any atom is -0.368 e. The lowest BCUT2D eigenvalue weighted by molar-refractivity contribution is -0.385. The van der Waals surface area contributed by atoms with E-state index in [0.717, 1.165) is 6.29 Å². The number of aliphatic hydroxyl groups excluding tert-OH is 1. The van der Waals surface area contributed by atoms with Gasteiger partial charge in [0.1, 0.15) is 6.29 Å². The van der Waals surface area contributed by atoms with Crippen molar-refractivity contribution in [2.45, 2.75) is 25.2 Å². The fourth-order valence-corrected chi connectivity index (χ4v) is 2.11. The molecule has 18 heavy (non-hydrogen) atoms. The van der Waals surface area contributed by atoms with Crippen molar-refractivity contribution in [3.05, 3.63) is 39.9 Å². The van der Waals surface area contributed by atoms with Gasteiger partial charge >= 0.3 is 0 Å². The van der Waals surface area contributed by atoms with Crippen LogP contribution < -0.4 is 0 Å². The molecule has 0 aliphatic carbocycles.